The molecule has 3 aromatic carbocycles. The van der Waals surface area contributed by atoms with Crippen molar-refractivity contribution >= 4 is 15.7 Å². The molecule has 1 heterocycles. The van der Waals surface area contributed by atoms with Gasteiger partial charge in [-0.25, -0.2) is 8.42 Å². The van der Waals surface area contributed by atoms with Crippen LogP contribution in [0.4, 0.5) is 5.69 Å². The van der Waals surface area contributed by atoms with Crippen LogP contribution in [-0.4, -0.2) is 25.7 Å². The van der Waals surface area contributed by atoms with Crippen molar-refractivity contribution in [1.82, 2.24) is 10.1 Å². The van der Waals surface area contributed by atoms with Crippen LogP contribution in [0.1, 0.15) is 0 Å². The Morgan fingerprint density at radius 1 is 0.931 bits per heavy atom. The molecule has 0 spiro atoms. The number of nitrogens with zero attached hydrogens (tertiary/aromatic N) is 2. The number of benzene rings is 3. The predicted molar refractivity (Wildman–Crippen MR) is 109 cm³/mol. The smallest absolute Gasteiger partial charge is 0.261 e. The van der Waals surface area contributed by atoms with Gasteiger partial charge in [0.25, 0.3) is 15.9 Å². The fraction of sp³-hybridized carbons (Fsp3) is 0.0476. The molecule has 146 valence electrons. The Kier molecular flexibility index (Phi) is 5.01. The quantitative estimate of drug-likeness (QED) is 0.514. The summed E-state index contributed by atoms with van der Waals surface area (Å²) in [7, 11) is -2.12. The molecule has 0 aliphatic carbocycles. The van der Waals surface area contributed by atoms with Gasteiger partial charge in [-0.3, -0.25) is 4.72 Å². The van der Waals surface area contributed by atoms with E-state index >= 15 is 0 Å². The second-order valence-electron chi connectivity index (χ2n) is 6.12. The largest absolute Gasteiger partial charge is 0.496 e. The summed E-state index contributed by atoms with van der Waals surface area (Å²) in [6.07, 6.45) is 0. The standard InChI is InChI=1S/C21H17N3O4S/c1-27-19-13-6-5-12-18(19)20-22-21(28-23-20)15-8-7-9-16(14-15)24-29(25,26)17-10-3-2-4-11-17/h2-14,24H,1H3. The Hall–Kier alpha value is -3.65. The number of methoxy groups -OCH3 is 1. The highest BCUT2D eigenvalue weighted by molar-refractivity contribution is 7.92. The lowest BCUT2D eigenvalue weighted by Crippen LogP contribution is -2.12. The highest BCUT2D eigenvalue weighted by atomic mass is 32.2. The summed E-state index contributed by atoms with van der Waals surface area (Å²) in [5, 5.41) is 4.02. The van der Waals surface area contributed by atoms with Gasteiger partial charge in [-0.05, 0) is 42.5 Å². The van der Waals surface area contributed by atoms with Gasteiger partial charge in [-0.15, -0.1) is 0 Å². The summed E-state index contributed by atoms with van der Waals surface area (Å²) in [6.45, 7) is 0. The molecule has 0 radical (unpaired) electrons. The first-order valence-electron chi connectivity index (χ1n) is 8.72. The van der Waals surface area contributed by atoms with E-state index in [0.29, 0.717) is 28.4 Å². The van der Waals surface area contributed by atoms with E-state index in [1.54, 1.807) is 49.6 Å². The number of aromatic nitrogens is 2. The van der Waals surface area contributed by atoms with E-state index in [0.717, 1.165) is 0 Å². The minimum absolute atomic E-state index is 0.182. The second-order valence-corrected chi connectivity index (χ2v) is 7.81. The Bertz CT molecular complexity index is 1240. The molecule has 0 saturated heterocycles. The Morgan fingerprint density at radius 2 is 1.69 bits per heavy atom. The van der Waals surface area contributed by atoms with Crippen molar-refractivity contribution in [2.45, 2.75) is 4.90 Å². The third kappa shape index (κ3) is 3.97. The molecule has 0 atom stereocenters. The van der Waals surface area contributed by atoms with Gasteiger partial charge in [-0.2, -0.15) is 4.98 Å². The van der Waals surface area contributed by atoms with Crippen molar-refractivity contribution < 1.29 is 17.7 Å². The number of rotatable bonds is 6. The van der Waals surface area contributed by atoms with Crippen LogP contribution in [0.15, 0.2) is 88.3 Å². The Labute approximate surface area is 168 Å². The molecule has 0 saturated carbocycles. The van der Waals surface area contributed by atoms with Crippen molar-refractivity contribution in [2.75, 3.05) is 11.8 Å². The lowest BCUT2D eigenvalue weighted by atomic mass is 10.2. The lowest BCUT2D eigenvalue weighted by molar-refractivity contribution is 0.413. The van der Waals surface area contributed by atoms with Crippen molar-refractivity contribution in [2.24, 2.45) is 0 Å². The fourth-order valence-corrected chi connectivity index (χ4v) is 3.88. The Morgan fingerprint density at radius 3 is 2.48 bits per heavy atom. The van der Waals surface area contributed by atoms with Crippen LogP contribution in [-0.2, 0) is 10.0 Å². The van der Waals surface area contributed by atoms with E-state index in [2.05, 4.69) is 14.9 Å². The van der Waals surface area contributed by atoms with Crippen LogP contribution in [0.2, 0.25) is 0 Å². The summed E-state index contributed by atoms with van der Waals surface area (Å²) >= 11 is 0. The summed E-state index contributed by atoms with van der Waals surface area (Å²) < 4.78 is 38.3. The van der Waals surface area contributed by atoms with Crippen LogP contribution in [0.5, 0.6) is 5.75 Å². The minimum atomic E-state index is -3.69. The average Bonchev–Trinajstić information content (AvgIpc) is 3.24. The monoisotopic (exact) mass is 407 g/mol. The number of hydrogen-bond acceptors (Lipinski definition) is 6. The summed E-state index contributed by atoms with van der Waals surface area (Å²) in [5.41, 5.74) is 1.68. The van der Waals surface area contributed by atoms with E-state index in [-0.39, 0.29) is 10.8 Å². The zero-order chi connectivity index (χ0) is 20.3. The summed E-state index contributed by atoms with van der Waals surface area (Å²) in [6, 6.07) is 22.3. The van der Waals surface area contributed by atoms with Gasteiger partial charge in [0.1, 0.15) is 5.75 Å². The molecular formula is C21H17N3O4S. The van der Waals surface area contributed by atoms with Crippen molar-refractivity contribution in [3.63, 3.8) is 0 Å². The molecule has 0 unspecified atom stereocenters. The van der Waals surface area contributed by atoms with Gasteiger partial charge in [0.2, 0.25) is 5.82 Å². The minimum Gasteiger partial charge on any atom is -0.496 e. The number of anilines is 1. The molecule has 29 heavy (non-hydrogen) atoms. The molecule has 8 heteroatoms. The molecule has 0 amide bonds. The third-order valence-electron chi connectivity index (χ3n) is 4.19. The van der Waals surface area contributed by atoms with Gasteiger partial charge in [0.15, 0.2) is 0 Å². The van der Waals surface area contributed by atoms with E-state index in [4.69, 9.17) is 9.26 Å². The maximum atomic E-state index is 12.5. The van der Waals surface area contributed by atoms with Gasteiger partial charge < -0.3 is 9.26 Å². The molecule has 0 bridgehead atoms. The first-order chi connectivity index (χ1) is 14.1. The molecule has 7 nitrogen and oxygen atoms in total. The highest BCUT2D eigenvalue weighted by Gasteiger charge is 2.16. The van der Waals surface area contributed by atoms with Gasteiger partial charge in [0, 0.05) is 11.3 Å². The predicted octanol–water partition coefficient (Wildman–Crippen LogP) is 4.21. The normalized spacial score (nSPS) is 11.2. The number of ether oxygens (including phenoxy) is 1. The topological polar surface area (TPSA) is 94.3 Å². The van der Waals surface area contributed by atoms with Gasteiger partial charge in [0.05, 0.1) is 17.6 Å². The van der Waals surface area contributed by atoms with Crippen molar-refractivity contribution in [1.29, 1.82) is 0 Å². The van der Waals surface area contributed by atoms with E-state index in [1.165, 1.54) is 12.1 Å². The number of nitrogens with one attached hydrogen (secondary N) is 1. The van der Waals surface area contributed by atoms with Gasteiger partial charge >= 0.3 is 0 Å². The zero-order valence-electron chi connectivity index (χ0n) is 15.4. The number of hydrogen-bond donors (Lipinski definition) is 1. The molecule has 1 N–H and O–H groups in total. The first kappa shape index (κ1) is 18.7. The third-order valence-corrected chi connectivity index (χ3v) is 5.59. The number of para-hydroxylation sites is 1. The molecule has 4 aromatic rings. The molecular weight excluding hydrogens is 390 g/mol. The van der Waals surface area contributed by atoms with Crippen molar-refractivity contribution in [3.05, 3.63) is 78.9 Å². The zero-order valence-corrected chi connectivity index (χ0v) is 16.3. The molecule has 4 rings (SSSR count). The first-order valence-corrected chi connectivity index (χ1v) is 10.2. The fourth-order valence-electron chi connectivity index (χ4n) is 2.81. The van der Waals surface area contributed by atoms with Gasteiger partial charge in [-0.1, -0.05) is 41.6 Å². The van der Waals surface area contributed by atoms with Crippen LogP contribution in [0.25, 0.3) is 22.8 Å². The van der Waals surface area contributed by atoms with Crippen LogP contribution in [0, 0.1) is 0 Å². The van der Waals surface area contributed by atoms with Crippen LogP contribution < -0.4 is 9.46 Å². The molecule has 0 aliphatic heterocycles. The highest BCUT2D eigenvalue weighted by Crippen LogP contribution is 2.30. The second kappa shape index (κ2) is 7.76. The molecule has 1 aromatic heterocycles. The number of sulfonamides is 1. The Balaban J connectivity index is 1.62. The summed E-state index contributed by atoms with van der Waals surface area (Å²) in [4.78, 5) is 4.60. The van der Waals surface area contributed by atoms with Crippen molar-refractivity contribution in [3.8, 4) is 28.6 Å². The maximum Gasteiger partial charge on any atom is 0.261 e. The van der Waals surface area contributed by atoms with Crippen LogP contribution in [0.3, 0.4) is 0 Å². The lowest BCUT2D eigenvalue weighted by Gasteiger charge is -2.08. The molecule has 0 fully saturated rings. The maximum absolute atomic E-state index is 12.5. The van der Waals surface area contributed by atoms with E-state index < -0.39 is 10.0 Å². The SMILES string of the molecule is COc1ccccc1-c1noc(-c2cccc(NS(=O)(=O)c3ccccc3)c2)n1. The summed E-state index contributed by atoms with van der Waals surface area (Å²) in [5.74, 6) is 1.28. The van der Waals surface area contributed by atoms with Crippen LogP contribution >= 0.6 is 0 Å². The molecule has 0 aliphatic rings. The van der Waals surface area contributed by atoms with E-state index in [1.807, 2.05) is 24.3 Å². The average molecular weight is 407 g/mol. The van der Waals surface area contributed by atoms with E-state index in [9.17, 15) is 8.42 Å².